The number of carbonyl (C=O) groups is 2. The largest absolute Gasteiger partial charge is 0.465 e. The Hall–Kier alpha value is -2.57. The average molecular weight is 402 g/mol. The summed E-state index contributed by atoms with van der Waals surface area (Å²) in [5, 5.41) is 5.59. The second kappa shape index (κ2) is 8.43. The highest BCUT2D eigenvalue weighted by atomic mass is 16.6. The monoisotopic (exact) mass is 401 g/mol. The lowest BCUT2D eigenvalue weighted by Crippen LogP contribution is -2.24. The van der Waals surface area contributed by atoms with Crippen molar-refractivity contribution < 1.29 is 19.1 Å². The fourth-order valence-electron chi connectivity index (χ4n) is 3.99. The molecule has 0 amide bonds. The molecule has 2 N–H and O–H groups in total. The van der Waals surface area contributed by atoms with Gasteiger partial charge in [-0.1, -0.05) is 0 Å². The molecule has 1 aliphatic rings. The second-order valence-corrected chi connectivity index (χ2v) is 8.90. The van der Waals surface area contributed by atoms with E-state index in [9.17, 15) is 9.59 Å². The van der Waals surface area contributed by atoms with Crippen LogP contribution in [0.5, 0.6) is 0 Å². The predicted octanol–water partition coefficient (Wildman–Crippen LogP) is 4.26. The Morgan fingerprint density at radius 1 is 1.21 bits per heavy atom. The van der Waals surface area contributed by atoms with Crippen molar-refractivity contribution in [2.24, 2.45) is 5.92 Å². The maximum atomic E-state index is 11.9. The number of anilines is 1. The van der Waals surface area contributed by atoms with E-state index < -0.39 is 11.6 Å². The summed E-state index contributed by atoms with van der Waals surface area (Å²) in [6.45, 7) is 5.68. The number of nitrogen functional groups attached to an aromatic ring is 1. The molecule has 0 unspecified atom stereocenters. The molecule has 1 aliphatic carbocycles. The molecule has 1 heterocycles. The molecular formula is C22H31N3O4. The van der Waals surface area contributed by atoms with Crippen molar-refractivity contribution in [3.63, 3.8) is 0 Å². The lowest BCUT2D eigenvalue weighted by molar-refractivity contribution is -0.155. The third kappa shape index (κ3) is 5.28. The third-order valence-electron chi connectivity index (χ3n) is 5.47. The normalized spacial score (nSPS) is 19.9. The maximum Gasteiger partial charge on any atom is 0.340 e. The van der Waals surface area contributed by atoms with Gasteiger partial charge in [-0.3, -0.25) is 9.48 Å². The van der Waals surface area contributed by atoms with Crippen LogP contribution >= 0.6 is 0 Å². The van der Waals surface area contributed by atoms with E-state index in [0.29, 0.717) is 29.6 Å². The van der Waals surface area contributed by atoms with Crippen LogP contribution in [-0.2, 0) is 14.3 Å². The molecule has 1 aromatic carbocycles. The van der Waals surface area contributed by atoms with Crippen molar-refractivity contribution in [2.45, 2.75) is 70.9 Å². The molecule has 7 nitrogen and oxygen atoms in total. The highest BCUT2D eigenvalue weighted by molar-refractivity contribution is 6.00. The summed E-state index contributed by atoms with van der Waals surface area (Å²) < 4.78 is 12.2. The summed E-state index contributed by atoms with van der Waals surface area (Å²) in [5.74, 6) is -0.0216. The predicted molar refractivity (Wildman–Crippen MR) is 112 cm³/mol. The van der Waals surface area contributed by atoms with Crippen LogP contribution in [0.3, 0.4) is 0 Å². The summed E-state index contributed by atoms with van der Waals surface area (Å²) in [4.78, 5) is 23.8. The minimum atomic E-state index is -0.454. The Labute approximate surface area is 171 Å². The van der Waals surface area contributed by atoms with E-state index in [1.807, 2.05) is 31.6 Å². The van der Waals surface area contributed by atoms with Gasteiger partial charge in [0.05, 0.1) is 24.2 Å². The average Bonchev–Trinajstić information content (AvgIpc) is 3.07. The van der Waals surface area contributed by atoms with Crippen molar-refractivity contribution in [1.29, 1.82) is 0 Å². The van der Waals surface area contributed by atoms with Crippen LogP contribution in [0.1, 0.15) is 75.7 Å². The number of fused-ring (bicyclic) bond motifs is 1. The first kappa shape index (κ1) is 21.1. The molecule has 158 valence electrons. The summed E-state index contributed by atoms with van der Waals surface area (Å²) >= 11 is 0. The lowest BCUT2D eigenvalue weighted by atomic mass is 9.83. The van der Waals surface area contributed by atoms with Gasteiger partial charge in [0.25, 0.3) is 0 Å². The molecule has 0 aliphatic heterocycles. The lowest BCUT2D eigenvalue weighted by Gasteiger charge is -2.29. The van der Waals surface area contributed by atoms with Crippen LogP contribution < -0.4 is 5.73 Å². The summed E-state index contributed by atoms with van der Waals surface area (Å²) in [7, 11) is 1.34. The molecule has 0 atom stereocenters. The molecule has 0 bridgehead atoms. The first-order chi connectivity index (χ1) is 13.7. The van der Waals surface area contributed by atoms with Crippen molar-refractivity contribution in [2.75, 3.05) is 12.8 Å². The van der Waals surface area contributed by atoms with E-state index in [-0.39, 0.29) is 5.97 Å². The van der Waals surface area contributed by atoms with Crippen LogP contribution in [-0.4, -0.2) is 34.4 Å². The Bertz CT molecular complexity index is 889. The van der Waals surface area contributed by atoms with Crippen molar-refractivity contribution >= 4 is 28.5 Å². The van der Waals surface area contributed by atoms with E-state index in [0.717, 1.165) is 43.0 Å². The highest BCUT2D eigenvalue weighted by Gasteiger charge is 2.25. The van der Waals surface area contributed by atoms with Gasteiger partial charge in [-0.2, -0.15) is 5.10 Å². The van der Waals surface area contributed by atoms with E-state index in [1.165, 1.54) is 7.11 Å². The van der Waals surface area contributed by atoms with E-state index in [4.69, 9.17) is 15.2 Å². The summed E-state index contributed by atoms with van der Waals surface area (Å²) in [6, 6.07) is 3.79. The van der Waals surface area contributed by atoms with E-state index >= 15 is 0 Å². The van der Waals surface area contributed by atoms with Gasteiger partial charge in [0.15, 0.2) is 0 Å². The Balaban J connectivity index is 1.59. The number of carbonyl (C=O) groups excluding carboxylic acids is 2. The Kier molecular flexibility index (Phi) is 6.15. The van der Waals surface area contributed by atoms with Crippen molar-refractivity contribution in [3.8, 4) is 0 Å². The molecule has 1 saturated carbocycles. The number of benzene rings is 1. The number of rotatable bonds is 5. The van der Waals surface area contributed by atoms with Gasteiger partial charge in [-0.05, 0) is 70.9 Å². The van der Waals surface area contributed by atoms with Crippen LogP contribution in [0.15, 0.2) is 18.3 Å². The first-order valence-corrected chi connectivity index (χ1v) is 10.2. The number of nitrogens with zero attached hydrogens (tertiary/aromatic N) is 2. The van der Waals surface area contributed by atoms with Gasteiger partial charge >= 0.3 is 11.9 Å². The van der Waals surface area contributed by atoms with Gasteiger partial charge in [0.2, 0.25) is 0 Å². The Morgan fingerprint density at radius 2 is 1.90 bits per heavy atom. The van der Waals surface area contributed by atoms with E-state index in [2.05, 4.69) is 5.10 Å². The first-order valence-electron chi connectivity index (χ1n) is 10.2. The zero-order valence-corrected chi connectivity index (χ0v) is 17.7. The molecule has 2 aromatic rings. The Morgan fingerprint density at radius 3 is 2.52 bits per heavy atom. The molecular weight excluding hydrogens is 370 g/mol. The van der Waals surface area contributed by atoms with Gasteiger partial charge in [-0.25, -0.2) is 4.79 Å². The van der Waals surface area contributed by atoms with Gasteiger partial charge in [-0.15, -0.1) is 0 Å². The van der Waals surface area contributed by atoms with Gasteiger partial charge < -0.3 is 15.2 Å². The minimum absolute atomic E-state index is 0.114. The fourth-order valence-corrected chi connectivity index (χ4v) is 3.99. The zero-order chi connectivity index (χ0) is 21.2. The second-order valence-electron chi connectivity index (χ2n) is 8.90. The van der Waals surface area contributed by atoms with Gasteiger partial charge in [0, 0.05) is 23.7 Å². The van der Waals surface area contributed by atoms with Crippen molar-refractivity contribution in [3.05, 3.63) is 23.9 Å². The molecule has 7 heteroatoms. The molecule has 3 rings (SSSR count). The standard InChI is InChI=1S/C22H31N3O4/c1-22(2,3)29-20(26)10-7-14-5-8-16(9-6-14)25-13-15-11-18(23)17(21(27)28-4)12-19(15)24-25/h11-14,16H,5-10,23H2,1-4H3. The number of esters is 2. The number of nitrogens with two attached hydrogens (primary N) is 1. The number of hydrogen-bond donors (Lipinski definition) is 1. The number of ether oxygens (including phenoxy) is 2. The summed E-state index contributed by atoms with van der Waals surface area (Å²) in [5.41, 5.74) is 7.05. The highest BCUT2D eigenvalue weighted by Crippen LogP contribution is 2.35. The van der Waals surface area contributed by atoms with E-state index in [1.54, 1.807) is 12.1 Å². The van der Waals surface area contributed by atoms with Crippen molar-refractivity contribution in [1.82, 2.24) is 9.78 Å². The van der Waals surface area contributed by atoms with Gasteiger partial charge in [0.1, 0.15) is 5.60 Å². The third-order valence-corrected chi connectivity index (χ3v) is 5.47. The molecule has 29 heavy (non-hydrogen) atoms. The van der Waals surface area contributed by atoms with Crippen LogP contribution in [0.4, 0.5) is 5.69 Å². The SMILES string of the molecule is COC(=O)c1cc2nn(C3CCC(CCC(=O)OC(C)(C)C)CC3)cc2cc1N. The molecule has 0 radical (unpaired) electrons. The smallest absolute Gasteiger partial charge is 0.340 e. The molecule has 0 spiro atoms. The minimum Gasteiger partial charge on any atom is -0.465 e. The van der Waals surface area contributed by atoms with Crippen LogP contribution in [0, 0.1) is 5.92 Å². The molecule has 1 aromatic heterocycles. The van der Waals surface area contributed by atoms with Crippen LogP contribution in [0.2, 0.25) is 0 Å². The fraction of sp³-hybridized carbons (Fsp3) is 0.591. The topological polar surface area (TPSA) is 96.4 Å². The number of hydrogen-bond acceptors (Lipinski definition) is 6. The zero-order valence-electron chi connectivity index (χ0n) is 17.7. The number of aromatic nitrogens is 2. The summed E-state index contributed by atoms with van der Waals surface area (Å²) in [6.07, 6.45) is 7.53. The molecule has 1 fully saturated rings. The quantitative estimate of drug-likeness (QED) is 0.594. The number of methoxy groups -OCH3 is 1. The maximum absolute atomic E-state index is 11.9. The van der Waals surface area contributed by atoms with Crippen LogP contribution in [0.25, 0.3) is 10.9 Å². The molecule has 0 saturated heterocycles.